The SMILES string of the molecule is O=c1oc2cc(F)ccc2c2c1-c1ccc(O)cc1OCC2. The fraction of sp³-hybridized carbons (Fsp3) is 0.118. The van der Waals surface area contributed by atoms with Crippen LogP contribution in [-0.4, -0.2) is 11.7 Å². The summed E-state index contributed by atoms with van der Waals surface area (Å²) >= 11 is 0. The second-order valence-electron chi connectivity index (χ2n) is 5.16. The van der Waals surface area contributed by atoms with Gasteiger partial charge in [-0.1, -0.05) is 0 Å². The van der Waals surface area contributed by atoms with Gasteiger partial charge in [0.15, 0.2) is 0 Å². The number of phenols is 1. The van der Waals surface area contributed by atoms with Gasteiger partial charge in [0, 0.05) is 29.5 Å². The topological polar surface area (TPSA) is 59.7 Å². The summed E-state index contributed by atoms with van der Waals surface area (Å²) in [6.07, 6.45) is 0.499. The summed E-state index contributed by atoms with van der Waals surface area (Å²) in [6, 6.07) is 8.75. The van der Waals surface area contributed by atoms with Crippen molar-refractivity contribution in [2.75, 3.05) is 6.61 Å². The van der Waals surface area contributed by atoms with Crippen molar-refractivity contribution in [1.82, 2.24) is 0 Å². The van der Waals surface area contributed by atoms with E-state index in [1.807, 2.05) is 0 Å². The molecule has 0 bridgehead atoms. The number of benzene rings is 2. The Hall–Kier alpha value is -2.82. The Morgan fingerprint density at radius 2 is 2.00 bits per heavy atom. The summed E-state index contributed by atoms with van der Waals surface area (Å²) in [5, 5.41) is 10.3. The van der Waals surface area contributed by atoms with Crippen molar-refractivity contribution in [1.29, 1.82) is 0 Å². The molecule has 4 nitrogen and oxygen atoms in total. The molecule has 0 unspecified atom stereocenters. The molecule has 2 aromatic carbocycles. The first-order chi connectivity index (χ1) is 10.6. The Bertz CT molecular complexity index is 959. The quantitative estimate of drug-likeness (QED) is 0.647. The highest BCUT2D eigenvalue weighted by Crippen LogP contribution is 2.38. The predicted molar refractivity (Wildman–Crippen MR) is 78.7 cm³/mol. The van der Waals surface area contributed by atoms with E-state index in [2.05, 4.69) is 0 Å². The fourth-order valence-electron chi connectivity index (χ4n) is 2.87. The van der Waals surface area contributed by atoms with E-state index in [0.29, 0.717) is 35.3 Å². The Balaban J connectivity index is 2.12. The highest BCUT2D eigenvalue weighted by Gasteiger charge is 2.22. The first-order valence-corrected chi connectivity index (χ1v) is 6.85. The van der Waals surface area contributed by atoms with Gasteiger partial charge in [-0.2, -0.15) is 0 Å². The van der Waals surface area contributed by atoms with Crippen molar-refractivity contribution >= 4 is 11.0 Å². The lowest BCUT2D eigenvalue weighted by atomic mass is 9.96. The Labute approximate surface area is 124 Å². The molecule has 1 aliphatic heterocycles. The number of halogens is 1. The minimum atomic E-state index is -0.537. The van der Waals surface area contributed by atoms with Gasteiger partial charge in [0.1, 0.15) is 22.9 Å². The van der Waals surface area contributed by atoms with E-state index >= 15 is 0 Å². The molecule has 0 amide bonds. The molecule has 0 aliphatic carbocycles. The molecule has 0 saturated carbocycles. The maximum absolute atomic E-state index is 13.3. The van der Waals surface area contributed by atoms with Crippen molar-refractivity contribution in [3.05, 3.63) is 58.2 Å². The summed E-state index contributed by atoms with van der Waals surface area (Å²) in [5.74, 6) is 0.0488. The zero-order chi connectivity index (χ0) is 15.3. The summed E-state index contributed by atoms with van der Waals surface area (Å²) in [6.45, 7) is 0.360. The van der Waals surface area contributed by atoms with Gasteiger partial charge >= 0.3 is 5.63 Å². The van der Waals surface area contributed by atoms with E-state index in [-0.39, 0.29) is 11.3 Å². The van der Waals surface area contributed by atoms with Crippen LogP contribution in [0.4, 0.5) is 4.39 Å². The summed E-state index contributed by atoms with van der Waals surface area (Å²) in [4.78, 5) is 12.4. The largest absolute Gasteiger partial charge is 0.508 e. The molecule has 0 saturated heterocycles. The van der Waals surface area contributed by atoms with E-state index in [1.165, 1.54) is 24.3 Å². The third-order valence-corrected chi connectivity index (χ3v) is 3.82. The summed E-state index contributed by atoms with van der Waals surface area (Å²) in [7, 11) is 0. The first-order valence-electron chi connectivity index (χ1n) is 6.85. The average Bonchev–Trinajstić information content (AvgIpc) is 2.66. The van der Waals surface area contributed by atoms with Crippen LogP contribution < -0.4 is 10.4 Å². The fourth-order valence-corrected chi connectivity index (χ4v) is 2.87. The predicted octanol–water partition coefficient (Wildman–Crippen LogP) is 3.24. The van der Waals surface area contributed by atoms with Crippen molar-refractivity contribution < 1.29 is 18.7 Å². The zero-order valence-corrected chi connectivity index (χ0v) is 11.4. The van der Waals surface area contributed by atoms with Crippen molar-refractivity contribution in [3.63, 3.8) is 0 Å². The number of rotatable bonds is 0. The lowest BCUT2D eigenvalue weighted by Gasteiger charge is -2.09. The third kappa shape index (κ3) is 1.86. The van der Waals surface area contributed by atoms with Crippen LogP contribution in [-0.2, 0) is 6.42 Å². The number of hydrogen-bond acceptors (Lipinski definition) is 4. The summed E-state index contributed by atoms with van der Waals surface area (Å²) < 4.78 is 24.2. The van der Waals surface area contributed by atoms with E-state index in [9.17, 15) is 14.3 Å². The molecule has 5 heteroatoms. The molecule has 0 fully saturated rings. The number of ether oxygens (including phenoxy) is 1. The van der Waals surface area contributed by atoms with E-state index < -0.39 is 11.4 Å². The van der Waals surface area contributed by atoms with E-state index in [0.717, 1.165) is 5.56 Å². The first kappa shape index (κ1) is 12.9. The summed E-state index contributed by atoms with van der Waals surface area (Å²) in [5.41, 5.74) is 1.45. The van der Waals surface area contributed by atoms with Crippen LogP contribution in [0.5, 0.6) is 11.5 Å². The van der Waals surface area contributed by atoms with Gasteiger partial charge in [0.2, 0.25) is 0 Å². The number of phenolic OH excluding ortho intramolecular Hbond substituents is 1. The molecular weight excluding hydrogens is 287 g/mol. The molecule has 1 aliphatic rings. The second-order valence-corrected chi connectivity index (χ2v) is 5.16. The van der Waals surface area contributed by atoms with Crippen LogP contribution in [0.2, 0.25) is 0 Å². The van der Waals surface area contributed by atoms with Gasteiger partial charge in [-0.05, 0) is 29.8 Å². The Kier molecular flexibility index (Phi) is 2.69. The minimum absolute atomic E-state index is 0.0643. The normalized spacial score (nSPS) is 13.1. The molecule has 22 heavy (non-hydrogen) atoms. The molecule has 2 heterocycles. The monoisotopic (exact) mass is 298 g/mol. The maximum atomic E-state index is 13.3. The number of hydrogen-bond donors (Lipinski definition) is 1. The maximum Gasteiger partial charge on any atom is 0.344 e. The van der Waals surface area contributed by atoms with Crippen LogP contribution in [0, 0.1) is 5.82 Å². The van der Waals surface area contributed by atoms with Crippen LogP contribution in [0.3, 0.4) is 0 Å². The molecule has 1 N–H and O–H groups in total. The number of fused-ring (bicyclic) bond motifs is 5. The van der Waals surface area contributed by atoms with Gasteiger partial charge in [0.05, 0.1) is 12.2 Å². The second kappa shape index (κ2) is 4.59. The minimum Gasteiger partial charge on any atom is -0.508 e. The van der Waals surface area contributed by atoms with Crippen molar-refractivity contribution in [2.45, 2.75) is 6.42 Å². The average molecular weight is 298 g/mol. The molecule has 4 rings (SSSR count). The van der Waals surface area contributed by atoms with Gasteiger partial charge in [-0.15, -0.1) is 0 Å². The highest BCUT2D eigenvalue weighted by atomic mass is 19.1. The lowest BCUT2D eigenvalue weighted by molar-refractivity contribution is 0.325. The van der Waals surface area contributed by atoms with Crippen LogP contribution in [0.25, 0.3) is 22.1 Å². The van der Waals surface area contributed by atoms with Gasteiger partial charge in [0.25, 0.3) is 0 Å². The highest BCUT2D eigenvalue weighted by molar-refractivity contribution is 5.88. The van der Waals surface area contributed by atoms with Gasteiger partial charge in [-0.25, -0.2) is 9.18 Å². The molecule has 0 radical (unpaired) electrons. The number of aromatic hydroxyl groups is 1. The smallest absolute Gasteiger partial charge is 0.344 e. The molecule has 110 valence electrons. The molecule has 1 aromatic heterocycles. The van der Waals surface area contributed by atoms with E-state index in [1.54, 1.807) is 12.1 Å². The standard InChI is InChI=1S/C17H11FO4/c18-9-1-3-11-12-5-6-21-14-8-10(19)2-4-13(14)16(12)17(20)22-15(11)7-9/h1-4,7-8,19H,5-6H2. The van der Waals surface area contributed by atoms with Gasteiger partial charge in [-0.3, -0.25) is 0 Å². The molecule has 0 spiro atoms. The van der Waals surface area contributed by atoms with Gasteiger partial charge < -0.3 is 14.3 Å². The van der Waals surface area contributed by atoms with Crippen LogP contribution in [0.1, 0.15) is 5.56 Å². The molecule has 3 aromatic rings. The molecule has 0 atom stereocenters. The third-order valence-electron chi connectivity index (χ3n) is 3.82. The molecular formula is C17H11FO4. The van der Waals surface area contributed by atoms with Crippen molar-refractivity contribution in [3.8, 4) is 22.6 Å². The zero-order valence-electron chi connectivity index (χ0n) is 11.4. The Morgan fingerprint density at radius 3 is 2.86 bits per heavy atom. The van der Waals surface area contributed by atoms with E-state index in [4.69, 9.17) is 9.15 Å². The Morgan fingerprint density at radius 1 is 1.14 bits per heavy atom. The van der Waals surface area contributed by atoms with Crippen LogP contribution in [0.15, 0.2) is 45.6 Å². The van der Waals surface area contributed by atoms with Crippen LogP contribution >= 0.6 is 0 Å². The lowest BCUT2D eigenvalue weighted by Crippen LogP contribution is -2.08. The van der Waals surface area contributed by atoms with Crippen molar-refractivity contribution in [2.24, 2.45) is 0 Å².